The molecule has 180 valence electrons. The number of primary amides is 1. The van der Waals surface area contributed by atoms with Crippen LogP contribution in [0.25, 0.3) is 22.0 Å². The second kappa shape index (κ2) is 7.84. The van der Waals surface area contributed by atoms with Crippen LogP contribution < -0.4 is 15.2 Å². The average molecular weight is 486 g/mol. The molecule has 6 nitrogen and oxygen atoms in total. The van der Waals surface area contributed by atoms with Crippen LogP contribution in [0.2, 0.25) is 0 Å². The molecule has 6 rings (SSSR count). The number of nitrogens with zero attached hydrogens (tertiary/aromatic N) is 1. The van der Waals surface area contributed by atoms with Gasteiger partial charge >= 0.3 is 6.29 Å². The lowest BCUT2D eigenvalue weighted by atomic mass is 9.88. The van der Waals surface area contributed by atoms with E-state index in [9.17, 15) is 18.4 Å². The third-order valence-corrected chi connectivity index (χ3v) is 6.82. The zero-order valence-electron chi connectivity index (χ0n) is 19.0. The third-order valence-electron chi connectivity index (χ3n) is 6.82. The summed E-state index contributed by atoms with van der Waals surface area (Å²) in [6, 6.07) is 21.0. The number of carbonyl (C=O) groups excluding carboxylic acids is 2. The summed E-state index contributed by atoms with van der Waals surface area (Å²) in [6.45, 7) is 0. The molecule has 36 heavy (non-hydrogen) atoms. The molecule has 0 radical (unpaired) electrons. The van der Waals surface area contributed by atoms with Gasteiger partial charge in [0, 0.05) is 28.6 Å². The Bertz CT molecular complexity index is 1550. The molecule has 0 atom stereocenters. The lowest BCUT2D eigenvalue weighted by molar-refractivity contribution is -0.286. The minimum atomic E-state index is -3.71. The Balaban J connectivity index is 1.33. The van der Waals surface area contributed by atoms with Crippen LogP contribution in [-0.4, -0.2) is 23.0 Å². The van der Waals surface area contributed by atoms with Crippen molar-refractivity contribution in [2.24, 2.45) is 5.73 Å². The maximum absolute atomic E-state index is 13.5. The van der Waals surface area contributed by atoms with Crippen molar-refractivity contribution >= 4 is 22.5 Å². The van der Waals surface area contributed by atoms with Crippen molar-refractivity contribution in [3.63, 3.8) is 0 Å². The van der Waals surface area contributed by atoms with E-state index in [1.807, 2.05) is 30.3 Å². The molecule has 4 aromatic rings. The van der Waals surface area contributed by atoms with Crippen LogP contribution in [0.3, 0.4) is 0 Å². The number of Topliss-reactive ketones (excluding diaryl/α,β-unsaturated/α-hetero) is 1. The summed E-state index contributed by atoms with van der Waals surface area (Å²) in [5.74, 6) is -0.663. The molecule has 1 fully saturated rings. The average Bonchev–Trinajstić information content (AvgIpc) is 3.60. The maximum atomic E-state index is 13.5. The first kappa shape index (κ1) is 22.2. The van der Waals surface area contributed by atoms with E-state index < -0.39 is 17.6 Å². The zero-order chi connectivity index (χ0) is 25.1. The SMILES string of the molecule is NC(=O)c1ccc(-c2nc(CC(=O)C3(c4ccc5c(c4)OC(F)(F)O5)CC3)cc3ccccc23)cc1. The van der Waals surface area contributed by atoms with Gasteiger partial charge in [0.2, 0.25) is 5.91 Å². The van der Waals surface area contributed by atoms with E-state index in [-0.39, 0.29) is 23.7 Å². The van der Waals surface area contributed by atoms with E-state index in [0.29, 0.717) is 35.4 Å². The van der Waals surface area contributed by atoms with E-state index in [2.05, 4.69) is 9.47 Å². The summed E-state index contributed by atoms with van der Waals surface area (Å²) in [6.07, 6.45) is -2.38. The second-order valence-electron chi connectivity index (χ2n) is 9.14. The summed E-state index contributed by atoms with van der Waals surface area (Å²) in [4.78, 5) is 29.8. The van der Waals surface area contributed by atoms with E-state index in [1.54, 1.807) is 30.3 Å². The van der Waals surface area contributed by atoms with Gasteiger partial charge in [-0.3, -0.25) is 14.6 Å². The molecule has 2 N–H and O–H groups in total. The van der Waals surface area contributed by atoms with Crippen molar-refractivity contribution in [3.05, 3.63) is 89.6 Å². The van der Waals surface area contributed by atoms with Gasteiger partial charge in [0.05, 0.1) is 11.1 Å². The Kier molecular flexibility index (Phi) is 4.83. The molecule has 1 amide bonds. The molecule has 8 heteroatoms. The van der Waals surface area contributed by atoms with Crippen molar-refractivity contribution in [2.45, 2.75) is 31.0 Å². The van der Waals surface area contributed by atoms with E-state index in [0.717, 1.165) is 16.3 Å². The number of benzene rings is 3. The second-order valence-corrected chi connectivity index (χ2v) is 9.14. The standard InChI is InChI=1S/C28H20F2N2O4/c29-28(30)35-22-10-9-19(14-23(22)36-28)27(11-12-27)24(33)15-20-13-18-3-1-2-4-21(18)25(32-20)16-5-7-17(8-6-16)26(31)34/h1-10,13-14H,11-12,15H2,(H2,31,34). The lowest BCUT2D eigenvalue weighted by Gasteiger charge is -2.16. The number of aromatic nitrogens is 1. The van der Waals surface area contributed by atoms with Crippen LogP contribution in [0.5, 0.6) is 11.5 Å². The Morgan fingerprint density at radius 3 is 2.36 bits per heavy atom. The number of alkyl halides is 2. The predicted molar refractivity (Wildman–Crippen MR) is 128 cm³/mol. The highest BCUT2D eigenvalue weighted by Crippen LogP contribution is 2.52. The van der Waals surface area contributed by atoms with Crippen LogP contribution in [0.15, 0.2) is 72.8 Å². The van der Waals surface area contributed by atoms with Gasteiger partial charge in [-0.2, -0.15) is 0 Å². The number of nitrogens with two attached hydrogens (primary N) is 1. The van der Waals surface area contributed by atoms with Crippen LogP contribution in [-0.2, 0) is 16.6 Å². The number of ether oxygens (including phenoxy) is 2. The van der Waals surface area contributed by atoms with Crippen LogP contribution in [0, 0.1) is 0 Å². The van der Waals surface area contributed by atoms with Gasteiger partial charge in [0.1, 0.15) is 5.78 Å². The minimum absolute atomic E-state index is 0.0362. The molecule has 1 aliphatic heterocycles. The highest BCUT2D eigenvalue weighted by atomic mass is 19.3. The largest absolute Gasteiger partial charge is 0.586 e. The molecule has 0 unspecified atom stereocenters. The first-order valence-corrected chi connectivity index (χ1v) is 11.5. The summed E-state index contributed by atoms with van der Waals surface area (Å²) < 4.78 is 36.0. The quantitative estimate of drug-likeness (QED) is 0.406. The summed E-state index contributed by atoms with van der Waals surface area (Å²) in [7, 11) is 0. The van der Waals surface area contributed by atoms with Crippen LogP contribution >= 0.6 is 0 Å². The van der Waals surface area contributed by atoms with E-state index in [1.165, 1.54) is 12.1 Å². The molecule has 0 spiro atoms. The van der Waals surface area contributed by atoms with Crippen LogP contribution in [0.4, 0.5) is 8.78 Å². The predicted octanol–water partition coefficient (Wildman–Crippen LogP) is 5.17. The van der Waals surface area contributed by atoms with Crippen molar-refractivity contribution in [2.75, 3.05) is 0 Å². The number of rotatable bonds is 6. The molecule has 3 aromatic carbocycles. The number of halogens is 2. The van der Waals surface area contributed by atoms with Crippen molar-refractivity contribution in [1.82, 2.24) is 4.98 Å². The number of hydrogen-bond donors (Lipinski definition) is 1. The fourth-order valence-electron chi connectivity index (χ4n) is 4.79. The number of ketones is 1. The maximum Gasteiger partial charge on any atom is 0.586 e. The summed E-state index contributed by atoms with van der Waals surface area (Å²) >= 11 is 0. The minimum Gasteiger partial charge on any atom is -0.395 e. The fraction of sp³-hybridized carbons (Fsp3) is 0.179. The monoisotopic (exact) mass is 486 g/mol. The topological polar surface area (TPSA) is 91.5 Å². The highest BCUT2D eigenvalue weighted by molar-refractivity contribution is 5.98. The lowest BCUT2D eigenvalue weighted by Crippen LogP contribution is -2.26. The van der Waals surface area contributed by atoms with Gasteiger partial charge in [0.15, 0.2) is 11.5 Å². The molecule has 2 aliphatic rings. The van der Waals surface area contributed by atoms with Gasteiger partial charge in [-0.05, 0) is 54.1 Å². The molecule has 1 aromatic heterocycles. The van der Waals surface area contributed by atoms with E-state index >= 15 is 0 Å². The molecule has 0 saturated heterocycles. The third kappa shape index (κ3) is 3.75. The highest BCUT2D eigenvalue weighted by Gasteiger charge is 2.52. The van der Waals surface area contributed by atoms with Gasteiger partial charge in [-0.1, -0.05) is 42.5 Å². The Labute approximate surface area is 204 Å². The molecule has 1 saturated carbocycles. The first-order valence-electron chi connectivity index (χ1n) is 11.5. The number of pyridine rings is 1. The Morgan fingerprint density at radius 2 is 1.64 bits per heavy atom. The molecular formula is C28H20F2N2O4. The Morgan fingerprint density at radius 1 is 0.917 bits per heavy atom. The zero-order valence-corrected chi connectivity index (χ0v) is 19.0. The molecule has 1 aliphatic carbocycles. The smallest absolute Gasteiger partial charge is 0.395 e. The van der Waals surface area contributed by atoms with E-state index in [4.69, 9.17) is 10.7 Å². The van der Waals surface area contributed by atoms with Gasteiger partial charge < -0.3 is 15.2 Å². The van der Waals surface area contributed by atoms with Gasteiger partial charge in [0.25, 0.3) is 0 Å². The molecular weight excluding hydrogens is 466 g/mol. The Hall–Kier alpha value is -4.33. The summed E-state index contributed by atoms with van der Waals surface area (Å²) in [5.41, 5.74) is 7.73. The normalized spacial score (nSPS) is 16.6. The van der Waals surface area contributed by atoms with Gasteiger partial charge in [-0.25, -0.2) is 0 Å². The number of hydrogen-bond acceptors (Lipinski definition) is 5. The number of fused-ring (bicyclic) bond motifs is 2. The fourth-order valence-corrected chi connectivity index (χ4v) is 4.79. The number of amides is 1. The van der Waals surface area contributed by atoms with Crippen molar-refractivity contribution < 1.29 is 27.8 Å². The molecule has 0 bridgehead atoms. The summed E-state index contributed by atoms with van der Waals surface area (Å²) in [5, 5.41) is 1.85. The van der Waals surface area contributed by atoms with Crippen molar-refractivity contribution in [3.8, 4) is 22.8 Å². The van der Waals surface area contributed by atoms with Crippen molar-refractivity contribution in [1.29, 1.82) is 0 Å². The number of carbonyl (C=O) groups is 2. The first-order chi connectivity index (χ1) is 17.2. The van der Waals surface area contributed by atoms with Crippen LogP contribution in [0.1, 0.15) is 34.5 Å². The van der Waals surface area contributed by atoms with Gasteiger partial charge in [-0.15, -0.1) is 8.78 Å². The molecule has 2 heterocycles.